The second-order valence-corrected chi connectivity index (χ2v) is 11.0. The lowest BCUT2D eigenvalue weighted by Crippen LogP contribution is -2.57. The van der Waals surface area contributed by atoms with E-state index in [4.69, 9.17) is 4.74 Å². The highest BCUT2D eigenvalue weighted by molar-refractivity contribution is 7.91. The fraction of sp³-hybridized carbons (Fsp3) is 0.895. The van der Waals surface area contributed by atoms with E-state index in [1.807, 2.05) is 27.7 Å². The Bertz CT molecular complexity index is 666. The van der Waals surface area contributed by atoms with Crippen LogP contribution in [0.25, 0.3) is 0 Å². The van der Waals surface area contributed by atoms with Gasteiger partial charge < -0.3 is 14.5 Å². The SMILES string of the molecule is CCC[C@H](C(=O)N(C)[C@@H]1CCS(=O)(=O)C1)N1CCN(C(=O)OC(C)(C)C)CC1. The summed E-state index contributed by atoms with van der Waals surface area (Å²) in [6, 6.07) is -0.515. The Morgan fingerprint density at radius 1 is 1.18 bits per heavy atom. The molecule has 9 heteroatoms. The monoisotopic (exact) mass is 417 g/mol. The molecule has 0 radical (unpaired) electrons. The Labute approximate surface area is 169 Å². The summed E-state index contributed by atoms with van der Waals surface area (Å²) in [5.74, 6) is 0.192. The standard InChI is InChI=1S/C19H35N3O5S/c1-6-7-16(17(23)20(5)15-8-13-28(25,26)14-15)21-9-11-22(12-10-21)18(24)27-19(2,3)4/h15-16H,6-14H2,1-5H3/t15-,16-/m1/s1. The predicted molar refractivity (Wildman–Crippen MR) is 108 cm³/mol. The zero-order valence-corrected chi connectivity index (χ0v) is 18.6. The summed E-state index contributed by atoms with van der Waals surface area (Å²) >= 11 is 0. The van der Waals surface area contributed by atoms with E-state index in [2.05, 4.69) is 4.90 Å². The van der Waals surface area contributed by atoms with Crippen molar-refractivity contribution >= 4 is 21.8 Å². The molecular weight excluding hydrogens is 382 g/mol. The normalized spacial score (nSPS) is 24.0. The average molecular weight is 418 g/mol. The van der Waals surface area contributed by atoms with Crippen LogP contribution in [0.2, 0.25) is 0 Å². The summed E-state index contributed by atoms with van der Waals surface area (Å²) in [6.45, 7) is 9.81. The van der Waals surface area contributed by atoms with Crippen LogP contribution in [0.3, 0.4) is 0 Å². The molecule has 2 saturated heterocycles. The van der Waals surface area contributed by atoms with Gasteiger partial charge in [0, 0.05) is 39.3 Å². The van der Waals surface area contributed by atoms with Gasteiger partial charge >= 0.3 is 6.09 Å². The molecule has 2 aliphatic rings. The highest BCUT2D eigenvalue weighted by atomic mass is 32.2. The molecule has 0 spiro atoms. The van der Waals surface area contributed by atoms with E-state index in [1.54, 1.807) is 16.8 Å². The minimum atomic E-state index is -3.03. The van der Waals surface area contributed by atoms with Crippen LogP contribution in [0.4, 0.5) is 4.79 Å². The Balaban J connectivity index is 1.97. The Morgan fingerprint density at radius 3 is 2.25 bits per heavy atom. The van der Waals surface area contributed by atoms with Gasteiger partial charge in [0.15, 0.2) is 9.84 Å². The van der Waals surface area contributed by atoms with Crippen LogP contribution < -0.4 is 0 Å². The van der Waals surface area contributed by atoms with Crippen LogP contribution in [-0.4, -0.2) is 97.5 Å². The highest BCUT2D eigenvalue weighted by Crippen LogP contribution is 2.21. The fourth-order valence-corrected chi connectivity index (χ4v) is 5.55. The molecule has 0 N–H and O–H groups in total. The second kappa shape index (κ2) is 8.98. The topological polar surface area (TPSA) is 87.2 Å². The lowest BCUT2D eigenvalue weighted by Gasteiger charge is -2.40. The van der Waals surface area contributed by atoms with Crippen LogP contribution in [-0.2, 0) is 19.4 Å². The van der Waals surface area contributed by atoms with Gasteiger partial charge in [-0.15, -0.1) is 0 Å². The number of ether oxygens (including phenoxy) is 1. The quantitative estimate of drug-likeness (QED) is 0.671. The van der Waals surface area contributed by atoms with E-state index in [1.165, 1.54) is 0 Å². The number of carbonyl (C=O) groups is 2. The Morgan fingerprint density at radius 2 is 1.79 bits per heavy atom. The van der Waals surface area contributed by atoms with Crippen molar-refractivity contribution in [2.45, 2.75) is 64.6 Å². The molecule has 162 valence electrons. The van der Waals surface area contributed by atoms with Crippen molar-refractivity contribution in [3.63, 3.8) is 0 Å². The van der Waals surface area contributed by atoms with E-state index < -0.39 is 15.4 Å². The Hall–Kier alpha value is -1.35. The molecule has 0 saturated carbocycles. The first-order valence-electron chi connectivity index (χ1n) is 10.1. The van der Waals surface area contributed by atoms with E-state index in [-0.39, 0.29) is 35.6 Å². The number of sulfone groups is 1. The van der Waals surface area contributed by atoms with E-state index >= 15 is 0 Å². The Kier molecular flexibility index (Phi) is 7.36. The lowest BCUT2D eigenvalue weighted by atomic mass is 10.1. The molecule has 28 heavy (non-hydrogen) atoms. The molecule has 2 fully saturated rings. The molecule has 2 amide bonds. The van der Waals surface area contributed by atoms with Crippen molar-refractivity contribution in [2.75, 3.05) is 44.7 Å². The predicted octanol–water partition coefficient (Wildman–Crippen LogP) is 1.35. The minimum absolute atomic E-state index is 0.0188. The first-order chi connectivity index (χ1) is 12.9. The molecule has 0 aromatic heterocycles. The fourth-order valence-electron chi connectivity index (χ4n) is 3.77. The molecule has 2 heterocycles. The number of hydrogen-bond acceptors (Lipinski definition) is 6. The number of rotatable bonds is 5. The summed E-state index contributed by atoms with van der Waals surface area (Å²) in [5, 5.41) is 0. The molecule has 0 bridgehead atoms. The van der Waals surface area contributed by atoms with Gasteiger partial charge in [-0.3, -0.25) is 9.69 Å². The third-order valence-corrected chi connectivity index (χ3v) is 7.11. The maximum Gasteiger partial charge on any atom is 0.410 e. The number of nitrogens with zero attached hydrogens (tertiary/aromatic N) is 3. The van der Waals surface area contributed by atoms with Gasteiger partial charge in [0.25, 0.3) is 0 Å². The summed E-state index contributed by atoms with van der Waals surface area (Å²) in [5.41, 5.74) is -0.529. The first-order valence-corrected chi connectivity index (χ1v) is 11.9. The van der Waals surface area contributed by atoms with E-state index in [9.17, 15) is 18.0 Å². The molecule has 8 nitrogen and oxygen atoms in total. The smallest absolute Gasteiger partial charge is 0.410 e. The second-order valence-electron chi connectivity index (χ2n) is 8.81. The largest absolute Gasteiger partial charge is 0.444 e. The third kappa shape index (κ3) is 6.07. The molecule has 0 unspecified atom stereocenters. The van der Waals surface area contributed by atoms with Gasteiger partial charge in [0.1, 0.15) is 5.60 Å². The number of hydrogen-bond donors (Lipinski definition) is 0. The summed E-state index contributed by atoms with van der Waals surface area (Å²) in [7, 11) is -1.32. The van der Waals surface area contributed by atoms with Gasteiger partial charge in [0.05, 0.1) is 17.5 Å². The van der Waals surface area contributed by atoms with Crippen molar-refractivity contribution in [3.8, 4) is 0 Å². The molecule has 2 rings (SSSR count). The van der Waals surface area contributed by atoms with E-state index in [0.717, 1.165) is 12.8 Å². The minimum Gasteiger partial charge on any atom is -0.444 e. The maximum atomic E-state index is 13.1. The first kappa shape index (κ1) is 22.9. The maximum absolute atomic E-state index is 13.1. The highest BCUT2D eigenvalue weighted by Gasteiger charge is 2.37. The van der Waals surface area contributed by atoms with Gasteiger partial charge in [-0.25, -0.2) is 13.2 Å². The van der Waals surface area contributed by atoms with Gasteiger partial charge in [-0.2, -0.15) is 0 Å². The molecule has 0 aliphatic carbocycles. The van der Waals surface area contributed by atoms with Crippen LogP contribution in [0.15, 0.2) is 0 Å². The number of likely N-dealkylation sites (N-methyl/N-ethyl adjacent to an activating group) is 1. The third-order valence-electron chi connectivity index (χ3n) is 5.36. The molecule has 2 aliphatic heterocycles. The van der Waals surface area contributed by atoms with Crippen molar-refractivity contribution in [1.29, 1.82) is 0 Å². The lowest BCUT2D eigenvalue weighted by molar-refractivity contribution is -0.138. The van der Waals surface area contributed by atoms with Crippen LogP contribution >= 0.6 is 0 Å². The van der Waals surface area contributed by atoms with Crippen LogP contribution in [0.5, 0.6) is 0 Å². The zero-order valence-electron chi connectivity index (χ0n) is 17.8. The number of carbonyl (C=O) groups excluding carboxylic acids is 2. The van der Waals surface area contributed by atoms with Gasteiger partial charge in [0.2, 0.25) is 5.91 Å². The van der Waals surface area contributed by atoms with Crippen LogP contribution in [0.1, 0.15) is 47.0 Å². The zero-order chi connectivity index (χ0) is 21.1. The summed E-state index contributed by atoms with van der Waals surface area (Å²) < 4.78 is 29.0. The molecule has 0 aromatic carbocycles. The average Bonchev–Trinajstić information content (AvgIpc) is 2.97. The van der Waals surface area contributed by atoms with Crippen molar-refractivity contribution in [1.82, 2.24) is 14.7 Å². The number of piperazine rings is 1. The summed E-state index contributed by atoms with van der Waals surface area (Å²) in [4.78, 5) is 30.8. The summed E-state index contributed by atoms with van der Waals surface area (Å²) in [6.07, 6.45) is 1.77. The molecule has 2 atom stereocenters. The van der Waals surface area contributed by atoms with Crippen LogP contribution in [0, 0.1) is 0 Å². The van der Waals surface area contributed by atoms with Crippen molar-refractivity contribution < 1.29 is 22.7 Å². The molecule has 0 aromatic rings. The van der Waals surface area contributed by atoms with Gasteiger partial charge in [-0.1, -0.05) is 13.3 Å². The van der Waals surface area contributed by atoms with Gasteiger partial charge in [-0.05, 0) is 33.6 Å². The molecular formula is C19H35N3O5S. The number of amides is 2. The van der Waals surface area contributed by atoms with Crippen molar-refractivity contribution in [3.05, 3.63) is 0 Å². The van der Waals surface area contributed by atoms with E-state index in [0.29, 0.717) is 32.6 Å². The van der Waals surface area contributed by atoms with Crippen molar-refractivity contribution in [2.24, 2.45) is 0 Å².